The molecule has 0 bridgehead atoms. The number of carbonyl (C=O) groups excluding carboxylic acids is 1. The minimum absolute atomic E-state index is 0.140. The van der Waals surface area contributed by atoms with Crippen molar-refractivity contribution in [3.05, 3.63) is 71.8 Å². The van der Waals surface area contributed by atoms with Crippen LogP contribution in [-0.2, 0) is 9.53 Å². The van der Waals surface area contributed by atoms with Crippen LogP contribution in [-0.4, -0.2) is 26.7 Å². The van der Waals surface area contributed by atoms with Gasteiger partial charge in [-0.3, -0.25) is 0 Å². The van der Waals surface area contributed by atoms with E-state index in [1.165, 1.54) is 5.56 Å². The third kappa shape index (κ3) is 4.22. The molecule has 3 heteroatoms. The van der Waals surface area contributed by atoms with Crippen LogP contribution in [0.15, 0.2) is 60.7 Å². The Morgan fingerprint density at radius 3 is 1.75 bits per heavy atom. The first-order chi connectivity index (χ1) is 11.4. The standard InChI is InChI=1S/C21H28O2Si/c1-16(17-12-8-6-9-13-17)20(23-2)19(21(22)24(3,4)5)18-14-10-7-11-15-18/h6-16,19-20H,1-5H3/t16-,19-,20+/m0/s1. The first-order valence-electron chi connectivity index (χ1n) is 8.53. The van der Waals surface area contributed by atoms with E-state index >= 15 is 0 Å². The average Bonchev–Trinajstić information content (AvgIpc) is 2.59. The van der Waals surface area contributed by atoms with E-state index in [1.807, 2.05) is 48.5 Å². The van der Waals surface area contributed by atoms with Crippen LogP contribution in [0.1, 0.15) is 29.9 Å². The first kappa shape index (κ1) is 18.6. The van der Waals surface area contributed by atoms with E-state index in [0.717, 1.165) is 5.56 Å². The van der Waals surface area contributed by atoms with Crippen molar-refractivity contribution < 1.29 is 9.53 Å². The number of hydrogen-bond donors (Lipinski definition) is 0. The molecule has 0 aliphatic carbocycles. The molecule has 0 fully saturated rings. The molecule has 3 atom stereocenters. The second-order valence-corrected chi connectivity index (χ2v) is 12.4. The normalized spacial score (nSPS) is 15.5. The van der Waals surface area contributed by atoms with Gasteiger partial charge in [0.2, 0.25) is 0 Å². The molecule has 2 nitrogen and oxygen atoms in total. The molecule has 24 heavy (non-hydrogen) atoms. The first-order valence-corrected chi connectivity index (χ1v) is 12.0. The third-order valence-corrected chi connectivity index (χ3v) is 6.39. The van der Waals surface area contributed by atoms with Gasteiger partial charge in [0.1, 0.15) is 13.5 Å². The van der Waals surface area contributed by atoms with E-state index in [4.69, 9.17) is 4.74 Å². The number of ether oxygens (including phenoxy) is 1. The fourth-order valence-corrected chi connectivity index (χ4v) is 4.46. The summed E-state index contributed by atoms with van der Waals surface area (Å²) in [7, 11) is -0.231. The highest BCUT2D eigenvalue weighted by Crippen LogP contribution is 2.35. The summed E-state index contributed by atoms with van der Waals surface area (Å²) in [6.45, 7) is 8.50. The molecule has 0 spiro atoms. The van der Waals surface area contributed by atoms with Crippen LogP contribution in [0.25, 0.3) is 0 Å². The molecule has 2 rings (SSSR count). The molecule has 0 aliphatic rings. The highest BCUT2D eigenvalue weighted by atomic mass is 28.3. The van der Waals surface area contributed by atoms with Crippen LogP contribution in [0.3, 0.4) is 0 Å². The van der Waals surface area contributed by atoms with Crippen molar-refractivity contribution in [2.45, 2.75) is 44.5 Å². The Balaban J connectivity index is 2.46. The highest BCUT2D eigenvalue weighted by Gasteiger charge is 2.39. The third-order valence-electron chi connectivity index (χ3n) is 4.60. The zero-order valence-corrected chi connectivity index (χ0v) is 16.3. The molecule has 0 unspecified atom stereocenters. The molecule has 0 saturated heterocycles. The van der Waals surface area contributed by atoms with E-state index in [2.05, 4.69) is 38.7 Å². The van der Waals surface area contributed by atoms with Gasteiger partial charge in [-0.2, -0.15) is 0 Å². The average molecular weight is 341 g/mol. The van der Waals surface area contributed by atoms with Gasteiger partial charge in [0.25, 0.3) is 0 Å². The van der Waals surface area contributed by atoms with Crippen molar-refractivity contribution in [3.8, 4) is 0 Å². The van der Waals surface area contributed by atoms with Gasteiger partial charge in [-0.1, -0.05) is 87.2 Å². The van der Waals surface area contributed by atoms with Crippen LogP contribution < -0.4 is 0 Å². The van der Waals surface area contributed by atoms with Crippen molar-refractivity contribution in [1.29, 1.82) is 0 Å². The Hall–Kier alpha value is -1.71. The fraction of sp³-hybridized carbons (Fsp3) is 0.381. The number of benzene rings is 2. The van der Waals surface area contributed by atoms with Crippen LogP contribution in [0.5, 0.6) is 0 Å². The summed E-state index contributed by atoms with van der Waals surface area (Å²) in [6.07, 6.45) is -0.172. The topological polar surface area (TPSA) is 26.3 Å². The van der Waals surface area contributed by atoms with Gasteiger partial charge in [0.05, 0.1) is 12.0 Å². The SMILES string of the molecule is CO[C@H]([C@@H](C)c1ccccc1)[C@@H](C(=O)[Si](C)(C)C)c1ccccc1. The molecule has 0 amide bonds. The second-order valence-electron chi connectivity index (χ2n) is 7.40. The van der Waals surface area contributed by atoms with Gasteiger partial charge in [0, 0.05) is 13.0 Å². The quantitative estimate of drug-likeness (QED) is 0.660. The van der Waals surface area contributed by atoms with Gasteiger partial charge in [-0.05, 0) is 11.1 Å². The summed E-state index contributed by atoms with van der Waals surface area (Å²) in [4.78, 5) is 13.3. The van der Waals surface area contributed by atoms with Crippen LogP contribution in [0.4, 0.5) is 0 Å². The van der Waals surface area contributed by atoms with Crippen molar-refractivity contribution in [2.75, 3.05) is 7.11 Å². The largest absolute Gasteiger partial charge is 0.380 e. The van der Waals surface area contributed by atoms with E-state index in [-0.39, 0.29) is 17.9 Å². The van der Waals surface area contributed by atoms with Crippen molar-refractivity contribution in [3.63, 3.8) is 0 Å². The van der Waals surface area contributed by atoms with E-state index in [1.54, 1.807) is 7.11 Å². The minimum atomic E-state index is -1.95. The van der Waals surface area contributed by atoms with E-state index in [9.17, 15) is 4.79 Å². The summed E-state index contributed by atoms with van der Waals surface area (Å²) in [6, 6.07) is 20.4. The smallest absolute Gasteiger partial charge is 0.124 e. The lowest BCUT2D eigenvalue weighted by molar-refractivity contribution is -0.117. The maximum atomic E-state index is 13.3. The Labute approximate surface area is 146 Å². The van der Waals surface area contributed by atoms with Gasteiger partial charge < -0.3 is 9.53 Å². The maximum absolute atomic E-state index is 13.3. The molecule has 0 aliphatic heterocycles. The van der Waals surface area contributed by atoms with E-state index < -0.39 is 8.07 Å². The van der Waals surface area contributed by atoms with Crippen LogP contribution >= 0.6 is 0 Å². The second kappa shape index (κ2) is 7.91. The zero-order chi connectivity index (χ0) is 17.7. The minimum Gasteiger partial charge on any atom is -0.380 e. The molecule has 0 radical (unpaired) electrons. The Bertz CT molecular complexity index is 647. The van der Waals surface area contributed by atoms with Gasteiger partial charge in [-0.25, -0.2) is 0 Å². The molecular formula is C21H28O2Si. The van der Waals surface area contributed by atoms with Crippen molar-refractivity contribution >= 4 is 13.5 Å². The Morgan fingerprint density at radius 1 is 0.875 bits per heavy atom. The predicted octanol–water partition coefficient (Wildman–Crippen LogP) is 5.04. The van der Waals surface area contributed by atoms with E-state index in [0.29, 0.717) is 5.41 Å². The molecule has 2 aromatic carbocycles. The van der Waals surface area contributed by atoms with Crippen molar-refractivity contribution in [1.82, 2.24) is 0 Å². The summed E-state index contributed by atoms with van der Waals surface area (Å²) in [5.41, 5.74) is 2.26. The summed E-state index contributed by atoms with van der Waals surface area (Å²) in [5.74, 6) is -0.0835. The number of rotatable bonds is 7. The number of methoxy groups -OCH3 is 1. The van der Waals surface area contributed by atoms with Crippen molar-refractivity contribution in [2.24, 2.45) is 0 Å². The summed E-state index contributed by atoms with van der Waals surface area (Å²) >= 11 is 0. The fourth-order valence-electron chi connectivity index (χ4n) is 3.19. The highest BCUT2D eigenvalue weighted by molar-refractivity contribution is 7.04. The number of hydrogen-bond acceptors (Lipinski definition) is 2. The van der Waals surface area contributed by atoms with Gasteiger partial charge in [0.15, 0.2) is 0 Å². The molecule has 0 aromatic heterocycles. The molecule has 0 N–H and O–H groups in total. The van der Waals surface area contributed by atoms with Gasteiger partial charge in [-0.15, -0.1) is 0 Å². The van der Waals surface area contributed by atoms with Crippen LogP contribution in [0.2, 0.25) is 19.6 Å². The molecular weight excluding hydrogens is 312 g/mol. The monoisotopic (exact) mass is 340 g/mol. The predicted molar refractivity (Wildman–Crippen MR) is 103 cm³/mol. The van der Waals surface area contributed by atoms with Gasteiger partial charge >= 0.3 is 0 Å². The zero-order valence-electron chi connectivity index (χ0n) is 15.3. The lowest BCUT2D eigenvalue weighted by Crippen LogP contribution is -2.44. The summed E-state index contributed by atoms with van der Waals surface area (Å²) in [5, 5.41) is 0.350. The maximum Gasteiger partial charge on any atom is 0.124 e. The lowest BCUT2D eigenvalue weighted by Gasteiger charge is -2.33. The molecule has 128 valence electrons. The number of carbonyl (C=O) groups is 1. The molecule has 0 saturated carbocycles. The summed E-state index contributed by atoms with van der Waals surface area (Å²) < 4.78 is 5.90. The van der Waals surface area contributed by atoms with Crippen LogP contribution in [0, 0.1) is 0 Å². The molecule has 0 heterocycles. The Kier molecular flexibility index (Phi) is 6.14. The lowest BCUT2D eigenvalue weighted by atomic mass is 9.83. The molecule has 2 aromatic rings. The Morgan fingerprint density at radius 2 is 1.33 bits per heavy atom.